The van der Waals surface area contributed by atoms with Crippen LogP contribution in [0.15, 0.2) is 0 Å². The topological polar surface area (TPSA) is 6.48 Å². The summed E-state index contributed by atoms with van der Waals surface area (Å²) in [6.45, 7) is 7.16. The summed E-state index contributed by atoms with van der Waals surface area (Å²) in [5.74, 6) is 0. The third-order valence-corrected chi connectivity index (χ3v) is 4.89. The lowest BCUT2D eigenvalue weighted by molar-refractivity contribution is -0.129. The zero-order valence-electron chi connectivity index (χ0n) is 10.5. The molecule has 4 aliphatic rings. The molecular formula is C13H24N2. The molecular weight excluding hydrogens is 184 g/mol. The van der Waals surface area contributed by atoms with E-state index in [-0.39, 0.29) is 0 Å². The Morgan fingerprint density at radius 3 is 1.53 bits per heavy atom. The van der Waals surface area contributed by atoms with Gasteiger partial charge >= 0.3 is 0 Å². The molecule has 2 heteroatoms. The standard InChI is InChI=1S/C13H24N2/c1-13(2,3)15-11-5-9-6-12(15)8-10(7-11)14(9)4/h9-12H,5-8H2,1-4H3. The molecule has 0 atom stereocenters. The van der Waals surface area contributed by atoms with Gasteiger partial charge in [0.25, 0.3) is 0 Å². The highest BCUT2D eigenvalue weighted by Gasteiger charge is 2.51. The van der Waals surface area contributed by atoms with Crippen LogP contribution in [-0.2, 0) is 0 Å². The first-order valence-corrected chi connectivity index (χ1v) is 6.47. The van der Waals surface area contributed by atoms with E-state index in [0.29, 0.717) is 5.54 Å². The molecule has 0 amide bonds. The van der Waals surface area contributed by atoms with Gasteiger partial charge in [-0.3, -0.25) is 4.90 Å². The van der Waals surface area contributed by atoms with Crippen molar-refractivity contribution in [1.82, 2.24) is 9.80 Å². The minimum absolute atomic E-state index is 0.376. The second kappa shape index (κ2) is 2.98. The molecule has 86 valence electrons. The zero-order valence-corrected chi connectivity index (χ0v) is 10.5. The summed E-state index contributed by atoms with van der Waals surface area (Å²) in [6, 6.07) is 3.55. The first-order chi connectivity index (χ1) is 6.97. The van der Waals surface area contributed by atoms with Gasteiger partial charge in [0.2, 0.25) is 0 Å². The van der Waals surface area contributed by atoms with Crippen molar-refractivity contribution in [2.24, 2.45) is 0 Å². The largest absolute Gasteiger partial charge is 0.300 e. The molecule has 4 rings (SSSR count). The average molecular weight is 208 g/mol. The van der Waals surface area contributed by atoms with Gasteiger partial charge in [0.05, 0.1) is 0 Å². The Labute approximate surface area is 93.6 Å². The van der Waals surface area contributed by atoms with Gasteiger partial charge in [-0.2, -0.15) is 0 Å². The van der Waals surface area contributed by atoms with Crippen molar-refractivity contribution in [3.8, 4) is 0 Å². The molecule has 0 aromatic rings. The molecule has 4 aliphatic heterocycles. The number of nitrogens with zero attached hydrogens (tertiary/aromatic N) is 2. The summed E-state index contributed by atoms with van der Waals surface area (Å²) in [4.78, 5) is 5.49. The predicted octanol–water partition coefficient (Wildman–Crippen LogP) is 2.09. The lowest BCUT2D eigenvalue weighted by Crippen LogP contribution is -2.70. The summed E-state index contributed by atoms with van der Waals surface area (Å²) in [5, 5.41) is 0. The summed E-state index contributed by atoms with van der Waals surface area (Å²) in [7, 11) is 2.34. The van der Waals surface area contributed by atoms with Gasteiger partial charge in [-0.1, -0.05) is 0 Å². The van der Waals surface area contributed by atoms with E-state index in [1.165, 1.54) is 25.7 Å². The van der Waals surface area contributed by atoms with Gasteiger partial charge in [0.1, 0.15) is 0 Å². The fraction of sp³-hybridized carbons (Fsp3) is 1.00. The van der Waals surface area contributed by atoms with Crippen molar-refractivity contribution < 1.29 is 0 Å². The molecule has 0 aromatic heterocycles. The van der Waals surface area contributed by atoms with E-state index >= 15 is 0 Å². The highest BCUT2D eigenvalue weighted by atomic mass is 15.3. The minimum Gasteiger partial charge on any atom is -0.300 e. The molecule has 0 spiro atoms. The molecule has 4 fully saturated rings. The van der Waals surface area contributed by atoms with E-state index in [1.54, 1.807) is 0 Å². The number of hydrogen-bond donors (Lipinski definition) is 0. The summed E-state index contributed by atoms with van der Waals surface area (Å²) < 4.78 is 0. The maximum Gasteiger partial charge on any atom is 0.0133 e. The van der Waals surface area contributed by atoms with Crippen LogP contribution in [0.4, 0.5) is 0 Å². The number of rotatable bonds is 0. The third kappa shape index (κ3) is 1.38. The second-order valence-corrected chi connectivity index (χ2v) is 6.80. The van der Waals surface area contributed by atoms with E-state index in [2.05, 4.69) is 37.6 Å². The Morgan fingerprint density at radius 2 is 1.20 bits per heavy atom. The van der Waals surface area contributed by atoms with Crippen LogP contribution in [0.5, 0.6) is 0 Å². The predicted molar refractivity (Wildman–Crippen MR) is 63.0 cm³/mol. The van der Waals surface area contributed by atoms with Crippen LogP contribution in [0.25, 0.3) is 0 Å². The smallest absolute Gasteiger partial charge is 0.0133 e. The SMILES string of the molecule is CN1C2CC3CC1CC(C2)N3C(C)(C)C. The number of hydrogen-bond acceptors (Lipinski definition) is 2. The van der Waals surface area contributed by atoms with Crippen molar-refractivity contribution in [3.63, 3.8) is 0 Å². The van der Waals surface area contributed by atoms with Gasteiger partial charge in [-0.15, -0.1) is 0 Å². The minimum atomic E-state index is 0.376. The Balaban J connectivity index is 1.88. The van der Waals surface area contributed by atoms with Gasteiger partial charge in [0.15, 0.2) is 0 Å². The van der Waals surface area contributed by atoms with E-state index in [9.17, 15) is 0 Å². The summed E-state index contributed by atoms with van der Waals surface area (Å²) in [5.41, 5.74) is 0.376. The molecule has 4 saturated heterocycles. The maximum atomic E-state index is 2.83. The van der Waals surface area contributed by atoms with Crippen LogP contribution >= 0.6 is 0 Å². The van der Waals surface area contributed by atoms with E-state index in [1.807, 2.05) is 0 Å². The third-order valence-electron chi connectivity index (χ3n) is 4.89. The highest BCUT2D eigenvalue weighted by molar-refractivity contribution is 5.08. The van der Waals surface area contributed by atoms with Gasteiger partial charge < -0.3 is 4.90 Å². The quantitative estimate of drug-likeness (QED) is 0.601. The maximum absolute atomic E-state index is 2.83. The Bertz CT molecular complexity index is 236. The molecule has 4 heterocycles. The molecule has 0 N–H and O–H groups in total. The van der Waals surface area contributed by atoms with E-state index in [4.69, 9.17) is 0 Å². The van der Waals surface area contributed by atoms with Crippen LogP contribution in [0, 0.1) is 0 Å². The molecule has 0 radical (unpaired) electrons. The Kier molecular flexibility index (Phi) is 2.01. The van der Waals surface area contributed by atoms with E-state index in [0.717, 1.165) is 24.2 Å². The highest BCUT2D eigenvalue weighted by Crippen LogP contribution is 2.46. The fourth-order valence-electron chi connectivity index (χ4n) is 4.45. The molecule has 0 aliphatic carbocycles. The van der Waals surface area contributed by atoms with Crippen LogP contribution in [0.1, 0.15) is 46.5 Å². The molecule has 2 nitrogen and oxygen atoms in total. The lowest BCUT2D eigenvalue weighted by Gasteiger charge is -2.63. The van der Waals surface area contributed by atoms with Crippen molar-refractivity contribution in [1.29, 1.82) is 0 Å². The monoisotopic (exact) mass is 208 g/mol. The number of piperidine rings is 4. The zero-order chi connectivity index (χ0) is 10.8. The van der Waals surface area contributed by atoms with Crippen molar-refractivity contribution in [2.45, 2.75) is 76.2 Å². The van der Waals surface area contributed by atoms with E-state index < -0.39 is 0 Å². The van der Waals surface area contributed by atoms with Crippen molar-refractivity contribution in [3.05, 3.63) is 0 Å². The van der Waals surface area contributed by atoms with Crippen LogP contribution < -0.4 is 0 Å². The molecule has 4 bridgehead atoms. The molecule has 0 unspecified atom stereocenters. The average Bonchev–Trinajstić information content (AvgIpc) is 2.09. The molecule has 15 heavy (non-hydrogen) atoms. The Hall–Kier alpha value is -0.0800. The van der Waals surface area contributed by atoms with Crippen molar-refractivity contribution in [2.75, 3.05) is 7.05 Å². The lowest BCUT2D eigenvalue weighted by atomic mass is 9.71. The Morgan fingerprint density at radius 1 is 0.800 bits per heavy atom. The van der Waals surface area contributed by atoms with Crippen molar-refractivity contribution >= 4 is 0 Å². The van der Waals surface area contributed by atoms with Crippen LogP contribution in [-0.4, -0.2) is 46.6 Å². The fourth-order valence-corrected chi connectivity index (χ4v) is 4.45. The first-order valence-electron chi connectivity index (χ1n) is 6.47. The first kappa shape index (κ1) is 10.1. The molecule has 0 aromatic carbocycles. The summed E-state index contributed by atoms with van der Waals surface area (Å²) >= 11 is 0. The normalized spacial score (nSPS) is 46.4. The van der Waals surface area contributed by atoms with Gasteiger partial charge in [-0.25, -0.2) is 0 Å². The molecule has 0 saturated carbocycles. The van der Waals surface area contributed by atoms with Crippen LogP contribution in [0.3, 0.4) is 0 Å². The summed E-state index contributed by atoms with van der Waals surface area (Å²) in [6.07, 6.45) is 5.67. The van der Waals surface area contributed by atoms with Gasteiger partial charge in [0, 0.05) is 29.7 Å². The van der Waals surface area contributed by atoms with Crippen LogP contribution in [0.2, 0.25) is 0 Å². The second-order valence-electron chi connectivity index (χ2n) is 6.80. The van der Waals surface area contributed by atoms with Gasteiger partial charge in [-0.05, 0) is 53.5 Å².